The number of aryl methyl sites for hydroxylation is 2. The van der Waals surface area contributed by atoms with Gasteiger partial charge in [-0.1, -0.05) is 42.5 Å². The summed E-state index contributed by atoms with van der Waals surface area (Å²) < 4.78 is 6.90. The summed E-state index contributed by atoms with van der Waals surface area (Å²) in [5, 5.41) is 4.29. The molecule has 5 heteroatoms. The molecule has 1 heterocycles. The first-order chi connectivity index (χ1) is 14.2. The second-order valence-corrected chi connectivity index (χ2v) is 7.16. The molecule has 1 aliphatic carbocycles. The van der Waals surface area contributed by atoms with Crippen molar-refractivity contribution in [3.63, 3.8) is 0 Å². The number of Topliss-reactive ketones (excluding diaryl/α,β-unsaturated/α-hetero) is 1. The molecule has 29 heavy (non-hydrogen) atoms. The van der Waals surface area contributed by atoms with Crippen molar-refractivity contribution in [1.82, 2.24) is 9.78 Å². The standard InChI is InChI=1S/C24H22N2O3/c27-23(22-11-10-20-7-4-8-21(20)13-22)17-29-24(28)12-9-19-14-25-26(16-19)15-18-5-2-1-3-6-18/h1-3,5-6,9-14,16H,4,7-8,15,17H2/b12-9+. The van der Waals surface area contributed by atoms with Gasteiger partial charge >= 0.3 is 5.97 Å². The average Bonchev–Trinajstić information content (AvgIpc) is 3.40. The molecule has 4 rings (SSSR count). The molecule has 0 N–H and O–H groups in total. The Hall–Kier alpha value is -3.47. The van der Waals surface area contributed by atoms with Gasteiger partial charge in [0.15, 0.2) is 12.4 Å². The molecule has 0 radical (unpaired) electrons. The number of aromatic nitrogens is 2. The fourth-order valence-electron chi connectivity index (χ4n) is 3.50. The van der Waals surface area contributed by atoms with E-state index in [0.717, 1.165) is 30.4 Å². The van der Waals surface area contributed by atoms with Crippen molar-refractivity contribution in [1.29, 1.82) is 0 Å². The predicted molar refractivity (Wildman–Crippen MR) is 111 cm³/mol. The number of rotatable bonds is 7. The highest BCUT2D eigenvalue weighted by molar-refractivity contribution is 5.99. The van der Waals surface area contributed by atoms with Gasteiger partial charge in [0, 0.05) is 23.4 Å². The number of nitrogens with zero attached hydrogens (tertiary/aromatic N) is 2. The Morgan fingerprint density at radius 2 is 1.90 bits per heavy atom. The van der Waals surface area contributed by atoms with Crippen LogP contribution in [0.1, 0.15) is 39.0 Å². The zero-order valence-corrected chi connectivity index (χ0v) is 16.1. The van der Waals surface area contributed by atoms with Crippen LogP contribution in [0.5, 0.6) is 0 Å². The van der Waals surface area contributed by atoms with Gasteiger partial charge in [0.2, 0.25) is 0 Å². The molecule has 0 spiro atoms. The largest absolute Gasteiger partial charge is 0.454 e. The number of fused-ring (bicyclic) bond motifs is 1. The second kappa shape index (κ2) is 8.69. The number of benzene rings is 2. The monoisotopic (exact) mass is 386 g/mol. The van der Waals surface area contributed by atoms with Crippen LogP contribution in [0.15, 0.2) is 67.0 Å². The van der Waals surface area contributed by atoms with Crippen LogP contribution < -0.4 is 0 Å². The van der Waals surface area contributed by atoms with Gasteiger partial charge in [0.05, 0.1) is 12.7 Å². The Balaban J connectivity index is 1.28. The van der Waals surface area contributed by atoms with E-state index in [0.29, 0.717) is 12.1 Å². The highest BCUT2D eigenvalue weighted by Gasteiger charge is 2.14. The summed E-state index contributed by atoms with van der Waals surface area (Å²) in [4.78, 5) is 24.2. The van der Waals surface area contributed by atoms with Gasteiger partial charge in [-0.3, -0.25) is 9.48 Å². The van der Waals surface area contributed by atoms with E-state index in [1.54, 1.807) is 17.0 Å². The van der Waals surface area contributed by atoms with Crippen LogP contribution >= 0.6 is 0 Å². The minimum absolute atomic E-state index is 0.183. The minimum atomic E-state index is -0.546. The highest BCUT2D eigenvalue weighted by atomic mass is 16.5. The summed E-state index contributed by atoms with van der Waals surface area (Å²) in [5.74, 6) is -0.729. The topological polar surface area (TPSA) is 61.2 Å². The second-order valence-electron chi connectivity index (χ2n) is 7.16. The molecule has 5 nitrogen and oxygen atoms in total. The zero-order chi connectivity index (χ0) is 20.1. The van der Waals surface area contributed by atoms with E-state index in [1.165, 1.54) is 17.2 Å². The summed E-state index contributed by atoms with van der Waals surface area (Å²) in [6.45, 7) is 0.406. The summed E-state index contributed by atoms with van der Waals surface area (Å²) in [7, 11) is 0. The minimum Gasteiger partial charge on any atom is -0.454 e. The van der Waals surface area contributed by atoms with Crippen LogP contribution in [-0.2, 0) is 28.9 Å². The van der Waals surface area contributed by atoms with Gasteiger partial charge < -0.3 is 4.74 Å². The van der Waals surface area contributed by atoms with Gasteiger partial charge in [0.25, 0.3) is 0 Å². The van der Waals surface area contributed by atoms with Gasteiger partial charge in [-0.25, -0.2) is 4.79 Å². The van der Waals surface area contributed by atoms with Gasteiger partial charge in [0.1, 0.15) is 0 Å². The van der Waals surface area contributed by atoms with E-state index in [2.05, 4.69) is 5.10 Å². The van der Waals surface area contributed by atoms with Crippen molar-refractivity contribution < 1.29 is 14.3 Å². The molecule has 146 valence electrons. The number of carbonyl (C=O) groups excluding carboxylic acids is 2. The van der Waals surface area contributed by atoms with Crippen LogP contribution in [0.2, 0.25) is 0 Å². The maximum Gasteiger partial charge on any atom is 0.331 e. The first-order valence-corrected chi connectivity index (χ1v) is 9.73. The molecule has 0 atom stereocenters. The number of esters is 1. The molecular formula is C24H22N2O3. The first-order valence-electron chi connectivity index (χ1n) is 9.73. The molecular weight excluding hydrogens is 364 g/mol. The molecule has 0 amide bonds. The normalized spacial score (nSPS) is 12.8. The van der Waals surface area contributed by atoms with Crippen LogP contribution in [0.3, 0.4) is 0 Å². The Morgan fingerprint density at radius 3 is 2.76 bits per heavy atom. The van der Waals surface area contributed by atoms with Crippen LogP contribution in [0.4, 0.5) is 0 Å². The summed E-state index contributed by atoms with van der Waals surface area (Å²) in [6.07, 6.45) is 9.71. The number of hydrogen-bond donors (Lipinski definition) is 0. The van der Waals surface area contributed by atoms with E-state index < -0.39 is 5.97 Å². The summed E-state index contributed by atoms with van der Waals surface area (Å²) >= 11 is 0. The number of hydrogen-bond acceptors (Lipinski definition) is 4. The predicted octanol–water partition coefficient (Wildman–Crippen LogP) is 3.86. The van der Waals surface area contributed by atoms with E-state index in [4.69, 9.17) is 4.74 Å². The van der Waals surface area contributed by atoms with E-state index in [-0.39, 0.29) is 12.4 Å². The summed E-state index contributed by atoms with van der Waals surface area (Å²) in [6, 6.07) is 15.8. The number of ketones is 1. The first kappa shape index (κ1) is 18.9. The van der Waals surface area contributed by atoms with Crippen molar-refractivity contribution in [2.24, 2.45) is 0 Å². The van der Waals surface area contributed by atoms with Crippen LogP contribution in [-0.4, -0.2) is 28.1 Å². The Bertz CT molecular complexity index is 1050. The van der Waals surface area contributed by atoms with Crippen molar-refractivity contribution in [2.75, 3.05) is 6.61 Å². The van der Waals surface area contributed by atoms with Crippen LogP contribution in [0.25, 0.3) is 6.08 Å². The third kappa shape index (κ3) is 4.88. The third-order valence-corrected chi connectivity index (χ3v) is 5.02. The molecule has 1 aromatic heterocycles. The molecule has 0 saturated heterocycles. The number of ether oxygens (including phenoxy) is 1. The third-order valence-electron chi connectivity index (χ3n) is 5.02. The van der Waals surface area contributed by atoms with E-state index in [9.17, 15) is 9.59 Å². The zero-order valence-electron chi connectivity index (χ0n) is 16.1. The van der Waals surface area contributed by atoms with Crippen molar-refractivity contribution in [2.45, 2.75) is 25.8 Å². The molecule has 0 saturated carbocycles. The maximum absolute atomic E-state index is 12.3. The van der Waals surface area contributed by atoms with Crippen molar-refractivity contribution >= 4 is 17.8 Å². The molecule has 0 aliphatic heterocycles. The lowest BCUT2D eigenvalue weighted by Crippen LogP contribution is -2.12. The fourth-order valence-corrected chi connectivity index (χ4v) is 3.50. The quantitative estimate of drug-likeness (QED) is 0.351. The maximum atomic E-state index is 12.3. The van der Waals surface area contributed by atoms with Crippen molar-refractivity contribution in [3.8, 4) is 0 Å². The van der Waals surface area contributed by atoms with E-state index in [1.807, 2.05) is 54.7 Å². The Labute approximate surface area is 169 Å². The smallest absolute Gasteiger partial charge is 0.331 e. The fraction of sp³-hybridized carbons (Fsp3) is 0.208. The molecule has 0 fully saturated rings. The lowest BCUT2D eigenvalue weighted by Gasteiger charge is -2.04. The molecule has 3 aromatic rings. The molecule has 2 aromatic carbocycles. The molecule has 1 aliphatic rings. The van der Waals surface area contributed by atoms with Crippen LogP contribution in [0, 0.1) is 0 Å². The molecule has 0 bridgehead atoms. The van der Waals surface area contributed by atoms with Gasteiger partial charge in [-0.2, -0.15) is 5.10 Å². The van der Waals surface area contributed by atoms with E-state index >= 15 is 0 Å². The summed E-state index contributed by atoms with van der Waals surface area (Å²) in [5.41, 5.74) is 5.09. The number of carbonyl (C=O) groups is 2. The van der Waals surface area contributed by atoms with Crippen molar-refractivity contribution in [3.05, 3.63) is 94.8 Å². The lowest BCUT2D eigenvalue weighted by atomic mass is 10.0. The SMILES string of the molecule is O=C(/C=C/c1cnn(Cc2ccccc2)c1)OCC(=O)c1ccc2c(c1)CCC2. The molecule has 0 unspecified atom stereocenters. The highest BCUT2D eigenvalue weighted by Crippen LogP contribution is 2.23. The van der Waals surface area contributed by atoms with Gasteiger partial charge in [-0.15, -0.1) is 0 Å². The Morgan fingerprint density at radius 1 is 1.07 bits per heavy atom. The van der Waals surface area contributed by atoms with Gasteiger partial charge in [-0.05, 0) is 48.1 Å². The average molecular weight is 386 g/mol. The lowest BCUT2D eigenvalue weighted by molar-refractivity contribution is -0.136. The Kier molecular flexibility index (Phi) is 5.66.